The van der Waals surface area contributed by atoms with E-state index in [-0.39, 0.29) is 20.1 Å². The molecule has 0 aliphatic carbocycles. The molecule has 16 bridgehead atoms. The van der Waals surface area contributed by atoms with E-state index in [2.05, 4.69) is 32.9 Å². The van der Waals surface area contributed by atoms with E-state index >= 15 is 0 Å². The minimum absolute atomic E-state index is 0. The van der Waals surface area contributed by atoms with Gasteiger partial charge in [0.05, 0.1) is 0 Å². The van der Waals surface area contributed by atoms with Gasteiger partial charge in [0.15, 0.2) is 0 Å². The van der Waals surface area contributed by atoms with Gasteiger partial charge in [-0.05, 0) is 36.4 Å². The van der Waals surface area contributed by atoms with E-state index in [1.807, 2.05) is 114 Å². The third kappa shape index (κ3) is 3.58. The molecule has 0 radical (unpaired) electrons. The Morgan fingerprint density at radius 1 is 0.317 bits per heavy atom. The van der Waals surface area contributed by atoms with Gasteiger partial charge in [0, 0.05) is 0 Å². The van der Waals surface area contributed by atoms with Crippen molar-refractivity contribution in [3.8, 4) is 0 Å². The van der Waals surface area contributed by atoms with Crippen molar-refractivity contribution in [3.05, 3.63) is 127 Å². The predicted octanol–water partition coefficient (Wildman–Crippen LogP) is 8.09. The van der Waals surface area contributed by atoms with Crippen LogP contribution in [0.5, 0.6) is 0 Å². The van der Waals surface area contributed by atoms with Gasteiger partial charge >= 0.3 is 20.1 Å². The van der Waals surface area contributed by atoms with Crippen molar-refractivity contribution < 1.29 is 20.1 Å². The van der Waals surface area contributed by atoms with E-state index in [0.29, 0.717) is 17.5 Å². The molecule has 0 unspecified atom stereocenters. The third-order valence-electron chi connectivity index (χ3n) is 7.27. The summed E-state index contributed by atoms with van der Waals surface area (Å²) in [6.45, 7) is 0. The monoisotopic (exact) mass is 705 g/mol. The summed E-state index contributed by atoms with van der Waals surface area (Å²) in [6.07, 6.45) is 0. The van der Waals surface area contributed by atoms with Gasteiger partial charge in [-0.25, -0.2) is 15.0 Å². The van der Waals surface area contributed by atoms with Crippen LogP contribution >= 0.6 is 0 Å². The minimum Gasteiger partial charge on any atom is -0.343 e. The van der Waals surface area contributed by atoms with Crippen LogP contribution in [0.1, 0.15) is 0 Å². The van der Waals surface area contributed by atoms with Crippen molar-refractivity contribution in [1.82, 2.24) is 15.0 Å². The van der Waals surface area contributed by atoms with Crippen LogP contribution in [0.4, 0.5) is 69.0 Å². The number of benzene rings is 3. The van der Waals surface area contributed by atoms with Gasteiger partial charge in [0.2, 0.25) is 0 Å². The molecule has 0 fully saturated rings. The van der Waals surface area contributed by atoms with Crippen LogP contribution < -0.4 is 19.6 Å². The Balaban J connectivity index is 0.00000256. The van der Waals surface area contributed by atoms with Gasteiger partial charge in [0.25, 0.3) is 0 Å². The maximum Gasteiger partial charge on any atom is 3.00 e. The molecule has 7 nitrogen and oxygen atoms in total. The molecule has 7 heterocycles. The summed E-state index contributed by atoms with van der Waals surface area (Å²) < 4.78 is 0. The van der Waals surface area contributed by atoms with Gasteiger partial charge in [-0.15, -0.1) is 54.6 Å². The summed E-state index contributed by atoms with van der Waals surface area (Å²) >= 11 is 0. The van der Waals surface area contributed by atoms with Gasteiger partial charge in [-0.2, -0.15) is 18.2 Å². The zero-order valence-electron chi connectivity index (χ0n) is 21.4. The van der Waals surface area contributed by atoms with Crippen LogP contribution in [-0.4, -0.2) is 15.0 Å². The van der Waals surface area contributed by atoms with E-state index in [9.17, 15) is 0 Å². The fourth-order valence-corrected chi connectivity index (χ4v) is 5.58. The van der Waals surface area contributed by atoms with Crippen molar-refractivity contribution in [2.24, 2.45) is 0 Å². The first-order chi connectivity index (χ1) is 19.8. The van der Waals surface area contributed by atoms with E-state index in [1.54, 1.807) is 0 Å². The van der Waals surface area contributed by atoms with Crippen molar-refractivity contribution >= 4 is 69.0 Å². The van der Waals surface area contributed by atoms with Crippen LogP contribution in [0.3, 0.4) is 0 Å². The molecule has 41 heavy (non-hydrogen) atoms. The summed E-state index contributed by atoms with van der Waals surface area (Å²) in [5, 5.41) is 0. The smallest absolute Gasteiger partial charge is 0.343 e. The zero-order valence-corrected chi connectivity index (χ0v) is 23.8. The van der Waals surface area contributed by atoms with Gasteiger partial charge < -0.3 is 14.7 Å². The van der Waals surface area contributed by atoms with Crippen LogP contribution in [-0.2, 0) is 20.1 Å². The summed E-state index contributed by atoms with van der Waals surface area (Å²) in [4.78, 5) is 23.8. The summed E-state index contributed by atoms with van der Waals surface area (Å²) in [5.41, 5.74) is 5.00. The number of hydrogen-bond donors (Lipinski definition) is 0. The third-order valence-corrected chi connectivity index (χ3v) is 7.27. The molecule has 10 rings (SSSR count). The first-order valence-corrected chi connectivity index (χ1v) is 13.0. The molecule has 4 aliphatic heterocycles. The Kier molecular flexibility index (Phi) is 5.22. The molecule has 0 amide bonds. The normalized spacial score (nSPS) is 13.5. The van der Waals surface area contributed by atoms with Gasteiger partial charge in [0.1, 0.15) is 34.9 Å². The van der Waals surface area contributed by atoms with Crippen LogP contribution in [0.15, 0.2) is 109 Å². The van der Waals surface area contributed by atoms with Crippen molar-refractivity contribution in [2.75, 3.05) is 19.6 Å². The Morgan fingerprint density at radius 2 is 0.537 bits per heavy atom. The number of nitrogens with zero attached hydrogens (tertiary/aromatic N) is 7. The van der Waals surface area contributed by atoms with E-state index < -0.39 is 0 Å². The fraction of sp³-hybridized carbons (Fsp3) is 0. The van der Waals surface area contributed by atoms with Crippen LogP contribution in [0, 0.1) is 18.2 Å². The molecule has 0 spiro atoms. The summed E-state index contributed by atoms with van der Waals surface area (Å²) in [5.74, 6) is 4.30. The van der Waals surface area contributed by atoms with Crippen molar-refractivity contribution in [3.63, 3.8) is 0 Å². The molecular formula is C33H18IrN7. The molecule has 8 heteroatoms. The zero-order chi connectivity index (χ0) is 26.2. The second-order valence-corrected chi connectivity index (χ2v) is 9.67. The maximum atomic E-state index is 5.17. The second kappa shape index (κ2) is 8.99. The molecule has 3 aromatic heterocycles. The molecule has 0 N–H and O–H groups in total. The Labute approximate surface area is 250 Å². The average Bonchev–Trinajstić information content (AvgIpc) is 2.98. The van der Waals surface area contributed by atoms with Gasteiger partial charge in [-0.1, -0.05) is 52.3 Å². The van der Waals surface area contributed by atoms with Crippen LogP contribution in [0.25, 0.3) is 0 Å². The predicted molar refractivity (Wildman–Crippen MR) is 156 cm³/mol. The standard InChI is InChI=1S/C33H18N7.Ir/c1-7-22-19-23(8-1)38-25-10-3-12-27(21-25)39-26-11-2-9-24(20-26)37(22)28-13-4-16-31(34-28)40(32-17-5-14-29(38)35-32)33-18-6-15-30(39)36-33;/h1-18H;/q-3;+3. The molecule has 6 aromatic rings. The van der Waals surface area contributed by atoms with Gasteiger partial charge in [-0.3, -0.25) is 4.90 Å². The summed E-state index contributed by atoms with van der Waals surface area (Å²) in [7, 11) is 0. The molecule has 4 aliphatic rings. The molecular weight excluding hydrogens is 687 g/mol. The maximum absolute atomic E-state index is 5.17. The number of pyridine rings is 3. The Bertz CT molecular complexity index is 1490. The molecule has 0 saturated carbocycles. The molecule has 194 valence electrons. The number of aromatic nitrogens is 3. The minimum atomic E-state index is 0. The van der Waals surface area contributed by atoms with E-state index in [0.717, 1.165) is 51.6 Å². The Hall–Kier alpha value is -5.04. The van der Waals surface area contributed by atoms with Crippen LogP contribution in [0.2, 0.25) is 0 Å². The SMILES string of the molecule is [Ir+3].[c-]1c2cccc1N1c3[c-]c(ccc3)N3c4[c-]c(ccc4)N2c2cccc(n2)N(c2cccc1n2)c1cccc3n1. The summed E-state index contributed by atoms with van der Waals surface area (Å²) in [6, 6.07) is 47.4. The molecule has 0 saturated heterocycles. The van der Waals surface area contributed by atoms with Crippen molar-refractivity contribution in [1.29, 1.82) is 0 Å². The van der Waals surface area contributed by atoms with E-state index in [4.69, 9.17) is 15.0 Å². The number of anilines is 12. The average molecular weight is 705 g/mol. The molecule has 0 atom stereocenters. The van der Waals surface area contributed by atoms with E-state index in [1.165, 1.54) is 0 Å². The first kappa shape index (κ1) is 23.8. The molecule has 3 aromatic carbocycles. The van der Waals surface area contributed by atoms with Crippen molar-refractivity contribution in [2.45, 2.75) is 0 Å². The number of hydrogen-bond acceptors (Lipinski definition) is 7. The second-order valence-electron chi connectivity index (χ2n) is 9.67. The Morgan fingerprint density at radius 3 is 0.805 bits per heavy atom. The quantitative estimate of drug-likeness (QED) is 0.148. The fourth-order valence-electron chi connectivity index (χ4n) is 5.58. The largest absolute Gasteiger partial charge is 3.00 e. The topological polar surface area (TPSA) is 51.6 Å². The first-order valence-electron chi connectivity index (χ1n) is 13.0. The number of rotatable bonds is 0.